The Kier molecular flexibility index (Phi) is 3.75. The Bertz CT molecular complexity index is 147. The second-order valence-corrected chi connectivity index (χ2v) is 4.96. The van der Waals surface area contributed by atoms with Gasteiger partial charge in [-0.3, -0.25) is 0 Å². The Hall–Kier alpha value is 0.610. The highest BCUT2D eigenvalue weighted by Crippen LogP contribution is 2.39. The molecule has 12 heavy (non-hydrogen) atoms. The molecule has 1 fully saturated rings. The first-order valence-corrected chi connectivity index (χ1v) is 5.41. The van der Waals surface area contributed by atoms with Crippen LogP contribution in [0.2, 0.25) is 0 Å². The smallest absolute Gasteiger partial charge is 0.212 e. The van der Waals surface area contributed by atoms with E-state index >= 15 is 0 Å². The van der Waals surface area contributed by atoms with E-state index in [0.29, 0.717) is 5.92 Å². The second-order valence-electron chi connectivity index (χ2n) is 3.45. The van der Waals surface area contributed by atoms with Crippen molar-refractivity contribution in [1.29, 1.82) is 0 Å². The van der Waals surface area contributed by atoms with E-state index in [1.54, 1.807) is 7.11 Å². The van der Waals surface area contributed by atoms with E-state index in [1.165, 1.54) is 0 Å². The molecule has 0 spiro atoms. The van der Waals surface area contributed by atoms with Gasteiger partial charge in [-0.2, -0.15) is 0 Å². The fourth-order valence-electron chi connectivity index (χ4n) is 1.62. The zero-order valence-corrected chi connectivity index (χ0v) is 9.58. The van der Waals surface area contributed by atoms with E-state index in [2.05, 4.69) is 34.4 Å². The lowest BCUT2D eigenvalue weighted by Gasteiger charge is -2.39. The Morgan fingerprint density at radius 1 is 1.58 bits per heavy atom. The molecule has 3 nitrogen and oxygen atoms in total. The largest absolute Gasteiger partial charge is 0.350 e. The van der Waals surface area contributed by atoms with Crippen molar-refractivity contribution in [2.24, 2.45) is 5.92 Å². The molecule has 0 aromatic carbocycles. The predicted molar refractivity (Wildman–Crippen MR) is 54.3 cm³/mol. The lowest BCUT2D eigenvalue weighted by molar-refractivity contribution is -0.403. The fraction of sp³-hybridized carbons (Fsp3) is 1.00. The van der Waals surface area contributed by atoms with Crippen molar-refractivity contribution in [2.45, 2.75) is 35.9 Å². The van der Waals surface area contributed by atoms with Crippen LogP contribution in [-0.2, 0) is 9.62 Å². The number of ether oxygens (including phenoxy) is 1. The van der Waals surface area contributed by atoms with E-state index < -0.39 is 5.79 Å². The van der Waals surface area contributed by atoms with Crippen LogP contribution < -0.4 is 0 Å². The summed E-state index contributed by atoms with van der Waals surface area (Å²) in [6, 6.07) is 0. The molecule has 0 amide bonds. The number of rotatable bonds is 2. The second kappa shape index (κ2) is 4.21. The number of hydrogen-bond donors (Lipinski definition) is 1. The quantitative estimate of drug-likeness (QED) is 0.278. The van der Waals surface area contributed by atoms with Crippen LogP contribution in [0.15, 0.2) is 0 Å². The first-order chi connectivity index (χ1) is 5.64. The summed E-state index contributed by atoms with van der Waals surface area (Å²) in [6.45, 7) is 2.21. The summed E-state index contributed by atoms with van der Waals surface area (Å²) in [6.07, 6.45) is 2.86. The van der Waals surface area contributed by atoms with Crippen LogP contribution in [0.1, 0.15) is 26.2 Å². The molecule has 0 radical (unpaired) electrons. The Balaban J connectivity index is 2.64. The zero-order valence-electron chi connectivity index (χ0n) is 7.42. The van der Waals surface area contributed by atoms with Gasteiger partial charge in [0.25, 0.3) is 0 Å². The van der Waals surface area contributed by atoms with Crippen molar-refractivity contribution in [3.8, 4) is 0 Å². The minimum Gasteiger partial charge on any atom is -0.350 e. The topological polar surface area (TPSA) is 38.7 Å². The maximum absolute atomic E-state index is 8.77. The molecule has 3 atom stereocenters. The summed E-state index contributed by atoms with van der Waals surface area (Å²) < 4.78 is 5.44. The Morgan fingerprint density at radius 3 is 2.67 bits per heavy atom. The summed E-state index contributed by atoms with van der Waals surface area (Å²) in [5.41, 5.74) is 0. The molecule has 0 bridgehead atoms. The van der Waals surface area contributed by atoms with Gasteiger partial charge in [-0.25, -0.2) is 10.1 Å². The first-order valence-electron chi connectivity index (χ1n) is 4.16. The maximum Gasteiger partial charge on any atom is 0.212 e. The van der Waals surface area contributed by atoms with Crippen LogP contribution in [0.4, 0.5) is 0 Å². The number of methoxy groups -OCH3 is 1. The van der Waals surface area contributed by atoms with Crippen LogP contribution in [0.5, 0.6) is 0 Å². The molecule has 1 aliphatic rings. The molecule has 0 aromatic heterocycles. The third-order valence-corrected chi connectivity index (χ3v) is 4.03. The van der Waals surface area contributed by atoms with Gasteiger partial charge in [0.05, 0.1) is 3.92 Å². The molecule has 0 saturated heterocycles. The van der Waals surface area contributed by atoms with Crippen LogP contribution in [0.25, 0.3) is 0 Å². The van der Waals surface area contributed by atoms with Crippen molar-refractivity contribution in [3.05, 3.63) is 0 Å². The highest BCUT2D eigenvalue weighted by molar-refractivity contribution is 14.1. The summed E-state index contributed by atoms with van der Waals surface area (Å²) in [5, 5.41) is 8.77. The van der Waals surface area contributed by atoms with Crippen LogP contribution in [0, 0.1) is 5.92 Å². The van der Waals surface area contributed by atoms with Crippen LogP contribution in [0.3, 0.4) is 0 Å². The molecular weight excluding hydrogens is 271 g/mol. The van der Waals surface area contributed by atoms with Gasteiger partial charge in [-0.15, -0.1) is 0 Å². The van der Waals surface area contributed by atoms with Crippen molar-refractivity contribution >= 4 is 22.6 Å². The number of alkyl halides is 1. The van der Waals surface area contributed by atoms with Crippen molar-refractivity contribution < 1.29 is 14.9 Å². The van der Waals surface area contributed by atoms with Crippen LogP contribution >= 0.6 is 22.6 Å². The van der Waals surface area contributed by atoms with Crippen LogP contribution in [-0.4, -0.2) is 22.1 Å². The van der Waals surface area contributed by atoms with E-state index in [1.807, 2.05) is 0 Å². The highest BCUT2D eigenvalue weighted by atomic mass is 127. The lowest BCUT2D eigenvalue weighted by atomic mass is 9.86. The van der Waals surface area contributed by atoms with E-state index in [9.17, 15) is 0 Å². The summed E-state index contributed by atoms with van der Waals surface area (Å²) in [5.74, 6) is -0.0575. The minimum absolute atomic E-state index is 0.230. The molecule has 1 N–H and O–H groups in total. The average molecular weight is 286 g/mol. The minimum atomic E-state index is -0.757. The summed E-state index contributed by atoms with van der Waals surface area (Å²) >= 11 is 2.28. The van der Waals surface area contributed by atoms with Crippen molar-refractivity contribution in [1.82, 2.24) is 0 Å². The third kappa shape index (κ3) is 1.92. The van der Waals surface area contributed by atoms with E-state index in [4.69, 9.17) is 9.99 Å². The normalized spacial score (nSPS) is 43.0. The molecular formula is C8H15IO3. The third-order valence-electron chi connectivity index (χ3n) is 2.57. The summed E-state index contributed by atoms with van der Waals surface area (Å²) in [4.78, 5) is 4.46. The number of halogens is 1. The molecule has 1 saturated carbocycles. The summed E-state index contributed by atoms with van der Waals surface area (Å²) in [7, 11) is 1.58. The molecule has 3 unspecified atom stereocenters. The van der Waals surface area contributed by atoms with Gasteiger partial charge in [0.15, 0.2) is 0 Å². The SMILES string of the molecule is COC1(OO)CCC(C)CC1I. The lowest BCUT2D eigenvalue weighted by Crippen LogP contribution is -2.46. The molecule has 1 aliphatic carbocycles. The first kappa shape index (κ1) is 10.7. The van der Waals surface area contributed by atoms with Gasteiger partial charge in [0, 0.05) is 13.5 Å². The maximum atomic E-state index is 8.77. The molecule has 4 heteroatoms. The van der Waals surface area contributed by atoms with Gasteiger partial charge in [0.1, 0.15) is 0 Å². The Labute approximate surface area is 86.5 Å². The standard InChI is InChI=1S/C8H15IO3/c1-6-3-4-8(11-2,12-10)7(9)5-6/h6-7,10H,3-5H2,1-2H3. The zero-order chi connectivity index (χ0) is 9.19. The van der Waals surface area contributed by atoms with E-state index in [-0.39, 0.29) is 3.92 Å². The van der Waals surface area contributed by atoms with Gasteiger partial charge in [0.2, 0.25) is 5.79 Å². The predicted octanol–water partition coefficient (Wildman–Crippen LogP) is 2.44. The molecule has 0 aliphatic heterocycles. The molecule has 0 heterocycles. The highest BCUT2D eigenvalue weighted by Gasteiger charge is 2.43. The van der Waals surface area contributed by atoms with Gasteiger partial charge >= 0.3 is 0 Å². The van der Waals surface area contributed by atoms with Crippen molar-refractivity contribution in [2.75, 3.05) is 7.11 Å². The average Bonchev–Trinajstić information content (AvgIpc) is 2.06. The molecule has 1 rings (SSSR count). The van der Waals surface area contributed by atoms with Crippen molar-refractivity contribution in [3.63, 3.8) is 0 Å². The van der Waals surface area contributed by atoms with Gasteiger partial charge < -0.3 is 4.74 Å². The molecule has 72 valence electrons. The van der Waals surface area contributed by atoms with Gasteiger partial charge in [-0.05, 0) is 18.8 Å². The monoisotopic (exact) mass is 286 g/mol. The fourth-order valence-corrected chi connectivity index (χ4v) is 3.17. The van der Waals surface area contributed by atoms with Gasteiger partial charge in [-0.1, -0.05) is 29.5 Å². The molecule has 0 aromatic rings. The Morgan fingerprint density at radius 2 is 2.25 bits per heavy atom. The van der Waals surface area contributed by atoms with E-state index in [0.717, 1.165) is 19.3 Å². The number of hydrogen-bond acceptors (Lipinski definition) is 3.